The van der Waals surface area contributed by atoms with Crippen LogP contribution in [0.5, 0.6) is 5.75 Å². The third-order valence-electron chi connectivity index (χ3n) is 5.40. The molecule has 2 aromatic rings. The summed E-state index contributed by atoms with van der Waals surface area (Å²) in [5, 5.41) is 11.4. The number of hydrogen-bond acceptors (Lipinski definition) is 8. The molecule has 0 aromatic heterocycles. The minimum Gasteiger partial charge on any atom is -0.460 e. The van der Waals surface area contributed by atoms with Gasteiger partial charge in [0.2, 0.25) is 0 Å². The molecule has 1 aliphatic heterocycles. The highest BCUT2D eigenvalue weighted by molar-refractivity contribution is 5.93. The van der Waals surface area contributed by atoms with Gasteiger partial charge in [0.05, 0.1) is 18.8 Å². The predicted molar refractivity (Wildman–Crippen MR) is 125 cm³/mol. The van der Waals surface area contributed by atoms with Crippen molar-refractivity contribution in [2.45, 2.75) is 58.2 Å². The van der Waals surface area contributed by atoms with Crippen LogP contribution in [-0.4, -0.2) is 55.2 Å². The molecule has 0 amide bonds. The lowest BCUT2D eigenvalue weighted by molar-refractivity contribution is -0.243. The van der Waals surface area contributed by atoms with Crippen molar-refractivity contribution in [3.05, 3.63) is 54.1 Å². The monoisotopic (exact) mass is 472 g/mol. The van der Waals surface area contributed by atoms with Crippen LogP contribution in [0.25, 0.3) is 10.8 Å². The third kappa shape index (κ3) is 6.87. The highest BCUT2D eigenvalue weighted by Crippen LogP contribution is 2.37. The van der Waals surface area contributed by atoms with E-state index in [2.05, 4.69) is 13.5 Å². The van der Waals surface area contributed by atoms with Crippen LogP contribution < -0.4 is 4.74 Å². The second kappa shape index (κ2) is 12.1. The quantitative estimate of drug-likeness (QED) is 0.316. The first kappa shape index (κ1) is 25.8. The normalized spacial score (nSPS) is 21.1. The SMILES string of the molecule is C=C(C)C(=O)OCC(O)COCC(=O)Oc1cccc2c(C3OC(C)CC(CC)O3)cccc12. The van der Waals surface area contributed by atoms with Crippen molar-refractivity contribution in [3.63, 3.8) is 0 Å². The van der Waals surface area contributed by atoms with Crippen molar-refractivity contribution in [2.24, 2.45) is 0 Å². The summed E-state index contributed by atoms with van der Waals surface area (Å²) in [6.07, 6.45) is 0.404. The molecule has 2 aromatic carbocycles. The molecule has 0 aliphatic carbocycles. The van der Waals surface area contributed by atoms with Gasteiger partial charge < -0.3 is 28.8 Å². The van der Waals surface area contributed by atoms with Gasteiger partial charge in [-0.1, -0.05) is 43.8 Å². The van der Waals surface area contributed by atoms with Gasteiger partial charge in [-0.3, -0.25) is 0 Å². The molecule has 0 saturated carbocycles. The van der Waals surface area contributed by atoms with E-state index in [0.29, 0.717) is 5.75 Å². The molecule has 4 atom stereocenters. The van der Waals surface area contributed by atoms with Crippen LogP contribution in [-0.2, 0) is 28.5 Å². The average Bonchev–Trinajstić information content (AvgIpc) is 2.81. The zero-order valence-electron chi connectivity index (χ0n) is 19.8. The van der Waals surface area contributed by atoms with Crippen molar-refractivity contribution in [3.8, 4) is 5.75 Å². The molecule has 1 saturated heterocycles. The molecule has 1 heterocycles. The Labute approximate surface area is 199 Å². The van der Waals surface area contributed by atoms with Gasteiger partial charge in [0, 0.05) is 16.5 Å². The molecule has 4 unspecified atom stereocenters. The first-order valence-electron chi connectivity index (χ1n) is 11.4. The molecule has 1 aliphatic rings. The molecule has 0 spiro atoms. The summed E-state index contributed by atoms with van der Waals surface area (Å²) in [4.78, 5) is 23.7. The summed E-state index contributed by atoms with van der Waals surface area (Å²) in [6.45, 7) is 8.29. The summed E-state index contributed by atoms with van der Waals surface area (Å²) in [6, 6.07) is 11.1. The lowest BCUT2D eigenvalue weighted by Gasteiger charge is -2.34. The summed E-state index contributed by atoms with van der Waals surface area (Å²) >= 11 is 0. The Hall–Kier alpha value is -2.78. The second-order valence-corrected chi connectivity index (χ2v) is 8.40. The Kier molecular flexibility index (Phi) is 9.18. The molecule has 8 nitrogen and oxygen atoms in total. The van der Waals surface area contributed by atoms with E-state index in [0.717, 1.165) is 29.2 Å². The standard InChI is InChI=1S/C26H32O8/c1-5-19-12-17(4)32-26(33-19)22-10-6-9-21-20(22)8-7-11-23(21)34-24(28)15-30-13-18(27)14-31-25(29)16(2)3/h6-11,17-19,26-27H,2,5,12-15H2,1,3-4H3. The van der Waals surface area contributed by atoms with Crippen molar-refractivity contribution < 1.29 is 38.4 Å². The van der Waals surface area contributed by atoms with Gasteiger partial charge in [-0.15, -0.1) is 0 Å². The largest absolute Gasteiger partial charge is 0.460 e. The molecule has 0 radical (unpaired) electrons. The van der Waals surface area contributed by atoms with Gasteiger partial charge in [0.25, 0.3) is 0 Å². The molecule has 34 heavy (non-hydrogen) atoms. The average molecular weight is 473 g/mol. The molecule has 3 rings (SSSR count). The van der Waals surface area contributed by atoms with Crippen molar-refractivity contribution in [2.75, 3.05) is 19.8 Å². The number of benzene rings is 2. The topological polar surface area (TPSA) is 101 Å². The number of esters is 2. The second-order valence-electron chi connectivity index (χ2n) is 8.40. The molecular weight excluding hydrogens is 440 g/mol. The predicted octanol–water partition coefficient (Wildman–Crippen LogP) is 3.84. The Morgan fingerprint density at radius 2 is 1.88 bits per heavy atom. The van der Waals surface area contributed by atoms with Crippen molar-refractivity contribution in [1.82, 2.24) is 0 Å². The maximum absolute atomic E-state index is 12.3. The van der Waals surface area contributed by atoms with E-state index in [1.165, 1.54) is 6.92 Å². The number of ether oxygens (including phenoxy) is 5. The molecule has 1 fully saturated rings. The fourth-order valence-corrected chi connectivity index (χ4v) is 3.68. The van der Waals surface area contributed by atoms with Gasteiger partial charge in [-0.25, -0.2) is 9.59 Å². The Balaban J connectivity index is 1.61. The molecular formula is C26H32O8. The number of fused-ring (bicyclic) bond motifs is 1. The number of carbonyl (C=O) groups excluding carboxylic acids is 2. The zero-order chi connectivity index (χ0) is 24.7. The van der Waals surface area contributed by atoms with E-state index in [-0.39, 0.29) is 37.6 Å². The van der Waals surface area contributed by atoms with E-state index in [4.69, 9.17) is 23.7 Å². The number of carbonyl (C=O) groups is 2. The van der Waals surface area contributed by atoms with Gasteiger partial charge in [-0.2, -0.15) is 0 Å². The number of rotatable bonds is 10. The van der Waals surface area contributed by atoms with Gasteiger partial charge >= 0.3 is 11.9 Å². The van der Waals surface area contributed by atoms with Crippen LogP contribution in [0.4, 0.5) is 0 Å². The van der Waals surface area contributed by atoms with Crippen LogP contribution in [0.1, 0.15) is 45.5 Å². The minimum atomic E-state index is -1.07. The Morgan fingerprint density at radius 1 is 1.15 bits per heavy atom. The first-order valence-corrected chi connectivity index (χ1v) is 11.4. The summed E-state index contributed by atoms with van der Waals surface area (Å²) in [5.74, 6) is -0.828. The summed E-state index contributed by atoms with van der Waals surface area (Å²) < 4.78 is 27.8. The number of aliphatic hydroxyl groups excluding tert-OH is 1. The smallest absolute Gasteiger partial charge is 0.337 e. The Morgan fingerprint density at radius 3 is 2.62 bits per heavy atom. The van der Waals surface area contributed by atoms with Crippen molar-refractivity contribution >= 4 is 22.7 Å². The number of hydrogen-bond donors (Lipinski definition) is 1. The van der Waals surface area contributed by atoms with E-state index >= 15 is 0 Å². The molecule has 8 heteroatoms. The Bertz CT molecular complexity index is 1020. The molecule has 1 N–H and O–H groups in total. The lowest BCUT2D eigenvalue weighted by Crippen LogP contribution is -2.31. The first-order chi connectivity index (χ1) is 16.3. The highest BCUT2D eigenvalue weighted by atomic mass is 16.7. The fourth-order valence-electron chi connectivity index (χ4n) is 3.68. The fraction of sp³-hybridized carbons (Fsp3) is 0.462. The van der Waals surface area contributed by atoms with E-state index in [1.807, 2.05) is 31.2 Å². The van der Waals surface area contributed by atoms with Crippen LogP contribution in [0.15, 0.2) is 48.6 Å². The van der Waals surface area contributed by atoms with Gasteiger partial charge in [-0.05, 0) is 38.1 Å². The van der Waals surface area contributed by atoms with E-state index in [9.17, 15) is 14.7 Å². The maximum atomic E-state index is 12.3. The maximum Gasteiger partial charge on any atom is 0.337 e. The summed E-state index contributed by atoms with van der Waals surface area (Å²) in [7, 11) is 0. The van der Waals surface area contributed by atoms with Crippen molar-refractivity contribution in [1.29, 1.82) is 0 Å². The van der Waals surface area contributed by atoms with Gasteiger partial charge in [0.1, 0.15) is 25.1 Å². The highest BCUT2D eigenvalue weighted by Gasteiger charge is 2.29. The van der Waals surface area contributed by atoms with Crippen LogP contribution in [0.2, 0.25) is 0 Å². The van der Waals surface area contributed by atoms with E-state index < -0.39 is 24.3 Å². The van der Waals surface area contributed by atoms with Crippen LogP contribution >= 0.6 is 0 Å². The van der Waals surface area contributed by atoms with Gasteiger partial charge in [0.15, 0.2) is 6.29 Å². The molecule has 0 bridgehead atoms. The lowest BCUT2D eigenvalue weighted by atomic mass is 10.0. The zero-order valence-corrected chi connectivity index (χ0v) is 19.8. The van der Waals surface area contributed by atoms with Crippen LogP contribution in [0.3, 0.4) is 0 Å². The number of aliphatic hydroxyl groups is 1. The summed E-state index contributed by atoms with van der Waals surface area (Å²) in [5.41, 5.74) is 1.11. The third-order valence-corrected chi connectivity index (χ3v) is 5.40. The van der Waals surface area contributed by atoms with Crippen LogP contribution in [0, 0.1) is 0 Å². The molecule has 184 valence electrons. The minimum absolute atomic E-state index is 0.0804. The van der Waals surface area contributed by atoms with E-state index in [1.54, 1.807) is 12.1 Å².